The number of likely N-dealkylation sites (tertiary alicyclic amines) is 1. The molecule has 3 unspecified atom stereocenters. The quantitative estimate of drug-likeness (QED) is 0.309. The number of hydrogen-bond acceptors (Lipinski definition) is 7. The number of hydrogen-bond donors (Lipinski definition) is 2. The van der Waals surface area contributed by atoms with Crippen molar-refractivity contribution in [3.63, 3.8) is 0 Å². The highest BCUT2D eigenvalue weighted by Gasteiger charge is 2.54. The number of aryl methyl sites for hydroxylation is 1. The molecule has 1 saturated heterocycles. The Morgan fingerprint density at radius 3 is 2.67 bits per heavy atom. The van der Waals surface area contributed by atoms with Crippen molar-refractivity contribution < 1.29 is 37.0 Å². The number of unbranched alkanes of at least 4 members (excludes halogenated alkanes) is 2. The first-order valence-electron chi connectivity index (χ1n) is 15.9. The molecule has 2 aliphatic carbocycles. The zero-order valence-electron chi connectivity index (χ0n) is 25.8. The van der Waals surface area contributed by atoms with Crippen LogP contribution in [0, 0.1) is 29.6 Å². The lowest BCUT2D eigenvalue weighted by atomic mass is 9.92. The van der Waals surface area contributed by atoms with E-state index >= 15 is 0 Å². The number of alkyl carbamates (subject to hydrolysis) is 1. The molecule has 0 spiro atoms. The maximum atomic E-state index is 12.9. The highest BCUT2D eigenvalue weighted by molar-refractivity contribution is 5.92. The Kier molecular flexibility index (Phi) is 9.74. The predicted octanol–water partition coefficient (Wildman–Crippen LogP) is 5.14. The molecule has 246 valence electrons. The number of amides is 2. The number of aromatic amines is 1. The van der Waals surface area contributed by atoms with Gasteiger partial charge in [-0.25, -0.2) is 9.78 Å². The number of halogens is 3. The molecule has 2 aromatic rings. The Morgan fingerprint density at radius 1 is 1.16 bits per heavy atom. The van der Waals surface area contributed by atoms with Gasteiger partial charge in [0.15, 0.2) is 5.78 Å². The summed E-state index contributed by atoms with van der Waals surface area (Å²) in [6, 6.07) is 3.19. The number of fused-ring (bicyclic) bond motifs is 2. The molecule has 1 aliphatic heterocycles. The van der Waals surface area contributed by atoms with E-state index in [0.29, 0.717) is 42.4 Å². The minimum absolute atomic E-state index is 0.0428. The van der Waals surface area contributed by atoms with Gasteiger partial charge in [0.25, 0.3) is 5.56 Å². The lowest BCUT2D eigenvalue weighted by molar-refractivity contribution is -0.274. The SMILES string of the molecule is CC(C)C(=O)[C@@H]1[C@H](C)CCN1C(=O)CNC(=O)OC1CC2CC2[C@H]1CCCCCc1nc2ccc(OC(F)(F)F)cc2[nH]c1=O. The molecule has 1 aromatic carbocycles. The topological polar surface area (TPSA) is 131 Å². The molecule has 2 amide bonds. The van der Waals surface area contributed by atoms with E-state index in [2.05, 4.69) is 20.0 Å². The van der Waals surface area contributed by atoms with Gasteiger partial charge in [0.1, 0.15) is 24.1 Å². The van der Waals surface area contributed by atoms with Crippen LogP contribution < -0.4 is 15.6 Å². The Hall–Kier alpha value is -3.64. The van der Waals surface area contributed by atoms with Crippen molar-refractivity contribution in [3.05, 3.63) is 34.2 Å². The summed E-state index contributed by atoms with van der Waals surface area (Å²) in [4.78, 5) is 59.2. The summed E-state index contributed by atoms with van der Waals surface area (Å²) >= 11 is 0. The molecule has 3 fully saturated rings. The maximum Gasteiger partial charge on any atom is 0.573 e. The fraction of sp³-hybridized carbons (Fsp3) is 0.656. The zero-order chi connectivity index (χ0) is 32.5. The van der Waals surface area contributed by atoms with Crippen LogP contribution in [-0.4, -0.2) is 64.2 Å². The first-order valence-corrected chi connectivity index (χ1v) is 15.9. The van der Waals surface area contributed by atoms with Crippen molar-refractivity contribution in [1.29, 1.82) is 0 Å². The number of aromatic nitrogens is 2. The molecular weight excluding hydrogens is 593 g/mol. The van der Waals surface area contributed by atoms with Gasteiger partial charge in [-0.1, -0.05) is 33.6 Å². The number of nitrogens with one attached hydrogen (secondary N) is 2. The second-order valence-corrected chi connectivity index (χ2v) is 13.1. The van der Waals surface area contributed by atoms with Gasteiger partial charge in [-0.3, -0.25) is 14.4 Å². The van der Waals surface area contributed by atoms with Gasteiger partial charge < -0.3 is 24.7 Å². The minimum atomic E-state index is -4.83. The first kappa shape index (κ1) is 32.7. The van der Waals surface area contributed by atoms with Crippen molar-refractivity contribution in [3.8, 4) is 5.75 Å². The van der Waals surface area contributed by atoms with E-state index in [1.165, 1.54) is 6.07 Å². The summed E-state index contributed by atoms with van der Waals surface area (Å²) < 4.78 is 47.2. The van der Waals surface area contributed by atoms with Gasteiger partial charge in [-0.05, 0) is 74.3 Å². The molecular formula is C32H41F3N4O6. The summed E-state index contributed by atoms with van der Waals surface area (Å²) in [5, 5.41) is 2.61. The van der Waals surface area contributed by atoms with Crippen molar-refractivity contribution in [1.82, 2.24) is 20.2 Å². The summed E-state index contributed by atoms with van der Waals surface area (Å²) in [5.74, 6) is 0.601. The average Bonchev–Trinajstić information content (AvgIpc) is 3.49. The van der Waals surface area contributed by atoms with Crippen molar-refractivity contribution in [2.45, 2.75) is 90.6 Å². The Bertz CT molecular complexity index is 1480. The number of Topliss-reactive ketones (excluding diaryl/α,β-unsaturated/α-hetero) is 1. The minimum Gasteiger partial charge on any atom is -0.446 e. The Balaban J connectivity index is 1.05. The third-order valence-corrected chi connectivity index (χ3v) is 9.48. The fourth-order valence-corrected chi connectivity index (χ4v) is 7.10. The second kappa shape index (κ2) is 13.4. The van der Waals surface area contributed by atoms with Gasteiger partial charge in [0.2, 0.25) is 5.91 Å². The van der Waals surface area contributed by atoms with E-state index in [9.17, 15) is 32.3 Å². The molecule has 2 N–H and O–H groups in total. The van der Waals surface area contributed by atoms with Gasteiger partial charge >= 0.3 is 12.5 Å². The second-order valence-electron chi connectivity index (χ2n) is 13.1. The van der Waals surface area contributed by atoms with Crippen LogP contribution >= 0.6 is 0 Å². The highest BCUT2D eigenvalue weighted by Crippen LogP contribution is 2.57. The van der Waals surface area contributed by atoms with Crippen LogP contribution in [0.1, 0.15) is 71.4 Å². The Labute approximate surface area is 259 Å². The lowest BCUT2D eigenvalue weighted by Gasteiger charge is -2.27. The number of ketones is 1. The summed E-state index contributed by atoms with van der Waals surface area (Å²) in [5.41, 5.74) is 0.429. The largest absolute Gasteiger partial charge is 0.573 e. The third-order valence-electron chi connectivity index (χ3n) is 9.48. The number of nitrogens with zero attached hydrogens (tertiary/aromatic N) is 2. The van der Waals surface area contributed by atoms with E-state index < -0.39 is 29.8 Å². The van der Waals surface area contributed by atoms with Crippen molar-refractivity contribution in [2.24, 2.45) is 29.6 Å². The normalized spacial score (nSPS) is 25.8. The van der Waals surface area contributed by atoms with Crippen LogP contribution in [-0.2, 0) is 20.7 Å². The van der Waals surface area contributed by atoms with Crippen LogP contribution in [0.2, 0.25) is 0 Å². The standard InChI is InChI=1S/C32H41F3N4O6/c1-17(2)29(41)28-18(3)11-12-39(28)27(40)16-36-31(43)44-26-14-19-13-22(19)21(26)7-5-4-6-8-24-30(42)38-25-15-20(45-32(33,34)35)9-10-23(25)37-24/h9-10,15,17-19,21-22,26,28H,4-8,11-14,16H2,1-3H3,(H,36,43)(H,38,42)/t18-,19?,21-,22?,26?,28+/m1/s1. The van der Waals surface area contributed by atoms with Crippen molar-refractivity contribution >= 4 is 28.8 Å². The van der Waals surface area contributed by atoms with Gasteiger partial charge in [-0.15, -0.1) is 13.2 Å². The molecule has 2 saturated carbocycles. The van der Waals surface area contributed by atoms with E-state index in [0.717, 1.165) is 50.7 Å². The van der Waals surface area contributed by atoms with E-state index in [1.807, 2.05) is 20.8 Å². The lowest BCUT2D eigenvalue weighted by Crippen LogP contribution is -2.48. The number of benzene rings is 1. The van der Waals surface area contributed by atoms with E-state index in [4.69, 9.17) is 4.74 Å². The molecule has 0 radical (unpaired) electrons. The monoisotopic (exact) mass is 634 g/mol. The predicted molar refractivity (Wildman–Crippen MR) is 158 cm³/mol. The van der Waals surface area contributed by atoms with E-state index in [1.54, 1.807) is 4.90 Å². The zero-order valence-corrected chi connectivity index (χ0v) is 25.8. The third kappa shape index (κ3) is 7.96. The smallest absolute Gasteiger partial charge is 0.446 e. The highest BCUT2D eigenvalue weighted by atomic mass is 19.4. The molecule has 0 bridgehead atoms. The van der Waals surface area contributed by atoms with Crippen LogP contribution in [0.15, 0.2) is 23.0 Å². The Morgan fingerprint density at radius 2 is 1.93 bits per heavy atom. The van der Waals surface area contributed by atoms with Crippen LogP contribution in [0.25, 0.3) is 11.0 Å². The number of carbonyl (C=O) groups excluding carboxylic acids is 3. The van der Waals surface area contributed by atoms with Gasteiger partial charge in [0, 0.05) is 18.5 Å². The first-order chi connectivity index (χ1) is 21.3. The molecule has 45 heavy (non-hydrogen) atoms. The van der Waals surface area contributed by atoms with Crippen LogP contribution in [0.5, 0.6) is 5.75 Å². The van der Waals surface area contributed by atoms with Gasteiger partial charge in [0.05, 0.1) is 17.1 Å². The van der Waals surface area contributed by atoms with Crippen LogP contribution in [0.3, 0.4) is 0 Å². The number of rotatable bonds is 12. The number of H-pyrrole nitrogens is 1. The molecule has 6 atom stereocenters. The van der Waals surface area contributed by atoms with E-state index in [-0.39, 0.29) is 47.6 Å². The van der Waals surface area contributed by atoms with Crippen molar-refractivity contribution in [2.75, 3.05) is 13.1 Å². The number of ether oxygens (including phenoxy) is 2. The molecule has 2 heterocycles. The summed E-state index contributed by atoms with van der Waals surface area (Å²) in [6.45, 7) is 5.93. The van der Waals surface area contributed by atoms with Gasteiger partial charge in [-0.2, -0.15) is 0 Å². The summed E-state index contributed by atoms with van der Waals surface area (Å²) in [6.07, 6.45) is 0.801. The molecule has 3 aliphatic rings. The fourth-order valence-electron chi connectivity index (χ4n) is 7.10. The summed E-state index contributed by atoms with van der Waals surface area (Å²) in [7, 11) is 0. The number of carbonyl (C=O) groups is 3. The molecule has 13 heteroatoms. The maximum absolute atomic E-state index is 12.9. The molecule has 5 rings (SSSR count). The molecule has 10 nitrogen and oxygen atoms in total. The van der Waals surface area contributed by atoms with Crippen LogP contribution in [0.4, 0.5) is 18.0 Å². The number of alkyl halides is 3. The molecule has 1 aromatic heterocycles. The average molecular weight is 635 g/mol.